The van der Waals surface area contributed by atoms with Gasteiger partial charge in [0, 0.05) is 6.42 Å². The molecule has 0 aromatic carbocycles. The maximum absolute atomic E-state index is 13.2. The minimum absolute atomic E-state index is 0.0661. The molecule has 0 spiro atoms. The van der Waals surface area contributed by atoms with Crippen LogP contribution >= 0.6 is 0 Å². The number of rotatable bonds is 50. The fourth-order valence-corrected chi connectivity index (χ4v) is 8.29. The highest BCUT2D eigenvalue weighted by atomic mass is 16.5. The number of nitrogens with one attached hydrogen (secondary N) is 1. The molecule has 0 fully saturated rings. The summed E-state index contributed by atoms with van der Waals surface area (Å²) in [5.74, 6) is -0.491. The van der Waals surface area contributed by atoms with Crippen LogP contribution in [0.5, 0.6) is 0 Å². The number of unbranched alkanes of at least 4 members (excludes halogenated alkanes) is 28. The van der Waals surface area contributed by atoms with Crippen LogP contribution in [0.3, 0.4) is 0 Å². The first-order valence-electron chi connectivity index (χ1n) is 28.0. The molecular weight excluding hydrogens is 803 g/mol. The number of hydrogen-bond acceptors (Lipinski definition) is 5. The Morgan fingerprint density at radius 1 is 0.446 bits per heavy atom. The van der Waals surface area contributed by atoms with Crippen LogP contribution in [0.25, 0.3) is 0 Å². The maximum Gasteiger partial charge on any atom is 0.306 e. The molecule has 6 heteroatoms. The molecule has 0 aromatic rings. The van der Waals surface area contributed by atoms with Crippen molar-refractivity contribution in [2.75, 3.05) is 6.61 Å². The number of allylic oxidation sites excluding steroid dienone is 10. The van der Waals surface area contributed by atoms with Gasteiger partial charge in [-0.2, -0.15) is 0 Å². The number of carbonyl (C=O) groups is 2. The largest absolute Gasteiger partial charge is 0.462 e. The van der Waals surface area contributed by atoms with Crippen LogP contribution in [-0.4, -0.2) is 46.9 Å². The van der Waals surface area contributed by atoms with E-state index in [9.17, 15) is 19.8 Å². The third-order valence-corrected chi connectivity index (χ3v) is 12.6. The highest BCUT2D eigenvalue weighted by Crippen LogP contribution is 2.18. The lowest BCUT2D eigenvalue weighted by molar-refractivity contribution is -0.151. The van der Waals surface area contributed by atoms with Crippen molar-refractivity contribution in [1.29, 1.82) is 0 Å². The fraction of sp³-hybridized carbons (Fsp3) is 0.797. The van der Waals surface area contributed by atoms with E-state index in [1.54, 1.807) is 0 Å². The van der Waals surface area contributed by atoms with Gasteiger partial charge in [-0.3, -0.25) is 9.59 Å². The summed E-state index contributed by atoms with van der Waals surface area (Å²) in [5, 5.41) is 23.8. The Bertz CT molecular complexity index is 1160. The first-order valence-corrected chi connectivity index (χ1v) is 28.0. The Morgan fingerprint density at radius 2 is 0.785 bits per heavy atom. The van der Waals surface area contributed by atoms with E-state index in [0.717, 1.165) is 89.9 Å². The summed E-state index contributed by atoms with van der Waals surface area (Å²) in [6.07, 6.45) is 65.6. The van der Waals surface area contributed by atoms with Gasteiger partial charge in [-0.15, -0.1) is 0 Å². The lowest BCUT2D eigenvalue weighted by Gasteiger charge is -2.24. The van der Waals surface area contributed by atoms with E-state index in [-0.39, 0.29) is 24.9 Å². The van der Waals surface area contributed by atoms with Gasteiger partial charge in [-0.25, -0.2) is 0 Å². The monoisotopic (exact) mass is 910 g/mol. The molecule has 0 aliphatic rings. The highest BCUT2D eigenvalue weighted by molar-refractivity contribution is 5.77. The average Bonchev–Trinajstić information content (AvgIpc) is 3.30. The van der Waals surface area contributed by atoms with Crippen molar-refractivity contribution >= 4 is 11.9 Å². The molecule has 0 aromatic heterocycles. The lowest BCUT2D eigenvalue weighted by Crippen LogP contribution is -2.46. The van der Waals surface area contributed by atoms with Crippen molar-refractivity contribution in [2.45, 2.75) is 296 Å². The van der Waals surface area contributed by atoms with Crippen LogP contribution in [0.4, 0.5) is 0 Å². The van der Waals surface area contributed by atoms with E-state index >= 15 is 0 Å². The molecule has 0 rings (SSSR count). The molecule has 0 saturated heterocycles. The minimum Gasteiger partial charge on any atom is -0.462 e. The maximum atomic E-state index is 13.2. The van der Waals surface area contributed by atoms with E-state index in [0.29, 0.717) is 19.3 Å². The molecule has 0 aliphatic heterocycles. The molecule has 1 amide bonds. The molecule has 3 atom stereocenters. The van der Waals surface area contributed by atoms with Gasteiger partial charge in [0.15, 0.2) is 0 Å². The number of esters is 1. The SMILES string of the molecule is CCCCC/C=C\C/C=C\C/C=C\CCCCCCCCC(=O)OC(CCCCCCCCC/C=C\C/C=C\CCCCC)CC(=O)NC(CO)C(O)CCCCCCCCCCCC. The van der Waals surface area contributed by atoms with Gasteiger partial charge < -0.3 is 20.3 Å². The summed E-state index contributed by atoms with van der Waals surface area (Å²) in [7, 11) is 0. The van der Waals surface area contributed by atoms with Gasteiger partial charge in [-0.05, 0) is 96.3 Å². The third kappa shape index (κ3) is 47.8. The van der Waals surface area contributed by atoms with Crippen LogP contribution in [0.15, 0.2) is 60.8 Å². The molecule has 0 bridgehead atoms. The van der Waals surface area contributed by atoms with Gasteiger partial charge in [-0.1, -0.05) is 229 Å². The van der Waals surface area contributed by atoms with Crippen molar-refractivity contribution in [3.05, 3.63) is 60.8 Å². The zero-order valence-corrected chi connectivity index (χ0v) is 43.1. The van der Waals surface area contributed by atoms with Crippen LogP contribution in [0.1, 0.15) is 278 Å². The summed E-state index contributed by atoms with van der Waals surface area (Å²) < 4.78 is 5.95. The van der Waals surface area contributed by atoms with E-state index in [2.05, 4.69) is 86.8 Å². The molecule has 0 radical (unpaired) electrons. The van der Waals surface area contributed by atoms with Crippen LogP contribution in [-0.2, 0) is 14.3 Å². The van der Waals surface area contributed by atoms with E-state index < -0.39 is 18.2 Å². The standard InChI is InChI=1S/C59H107NO5/c1-4-7-10-13-16-19-22-24-26-28-29-31-33-35-37-40-43-46-49-52-59(64)65-55(50-47-44-41-38-36-34-32-30-27-25-23-20-17-14-11-8-5-2)53-58(63)60-56(54-61)57(62)51-48-45-42-39-21-18-15-12-9-6-3/h16-17,19-20,24-27,29,31,55-57,61-62H,4-15,18,21-23,28,30,32-54H2,1-3H3,(H,60,63)/b19-16-,20-17-,26-24-,27-25-,31-29-. The number of ether oxygens (including phenoxy) is 1. The van der Waals surface area contributed by atoms with Crippen molar-refractivity contribution in [3.8, 4) is 0 Å². The summed E-state index contributed by atoms with van der Waals surface area (Å²) in [5.41, 5.74) is 0. The summed E-state index contributed by atoms with van der Waals surface area (Å²) in [4.78, 5) is 26.2. The smallest absolute Gasteiger partial charge is 0.306 e. The predicted octanol–water partition coefficient (Wildman–Crippen LogP) is 17.2. The van der Waals surface area contributed by atoms with Crippen LogP contribution in [0, 0.1) is 0 Å². The number of aliphatic hydroxyl groups excluding tert-OH is 2. The number of aliphatic hydroxyl groups is 2. The Morgan fingerprint density at radius 3 is 1.22 bits per heavy atom. The quantitative estimate of drug-likeness (QED) is 0.0321. The highest BCUT2D eigenvalue weighted by Gasteiger charge is 2.24. The van der Waals surface area contributed by atoms with Crippen molar-refractivity contribution in [2.24, 2.45) is 0 Å². The summed E-state index contributed by atoms with van der Waals surface area (Å²) in [6.45, 7) is 6.43. The first kappa shape index (κ1) is 62.6. The Labute approximate surface area is 403 Å². The number of amides is 1. The van der Waals surface area contributed by atoms with E-state index in [1.165, 1.54) is 141 Å². The summed E-state index contributed by atoms with van der Waals surface area (Å²) >= 11 is 0. The van der Waals surface area contributed by atoms with Gasteiger partial charge in [0.2, 0.25) is 5.91 Å². The van der Waals surface area contributed by atoms with Gasteiger partial charge >= 0.3 is 5.97 Å². The molecular formula is C59H107NO5. The molecule has 6 nitrogen and oxygen atoms in total. The topological polar surface area (TPSA) is 95.9 Å². The second kappa shape index (κ2) is 52.5. The molecule has 0 heterocycles. The molecule has 0 aliphatic carbocycles. The van der Waals surface area contributed by atoms with Crippen molar-refractivity contribution < 1.29 is 24.5 Å². The molecule has 378 valence electrons. The second-order valence-corrected chi connectivity index (χ2v) is 19.0. The van der Waals surface area contributed by atoms with Gasteiger partial charge in [0.1, 0.15) is 6.10 Å². The number of carbonyl (C=O) groups excluding carboxylic acids is 2. The predicted molar refractivity (Wildman–Crippen MR) is 282 cm³/mol. The zero-order valence-electron chi connectivity index (χ0n) is 43.1. The first-order chi connectivity index (χ1) is 32.0. The summed E-state index contributed by atoms with van der Waals surface area (Å²) in [6, 6.07) is -0.708. The van der Waals surface area contributed by atoms with Crippen LogP contribution < -0.4 is 5.32 Å². The van der Waals surface area contributed by atoms with Gasteiger partial charge in [0.25, 0.3) is 0 Å². The molecule has 65 heavy (non-hydrogen) atoms. The Hall–Kier alpha value is -2.44. The third-order valence-electron chi connectivity index (χ3n) is 12.6. The second-order valence-electron chi connectivity index (χ2n) is 19.0. The molecule has 3 unspecified atom stereocenters. The van der Waals surface area contributed by atoms with Crippen molar-refractivity contribution in [3.63, 3.8) is 0 Å². The average molecular weight is 911 g/mol. The fourth-order valence-electron chi connectivity index (χ4n) is 8.29. The Balaban J connectivity index is 4.59. The number of hydrogen-bond donors (Lipinski definition) is 3. The van der Waals surface area contributed by atoms with Gasteiger partial charge in [0.05, 0.1) is 25.2 Å². The zero-order chi connectivity index (χ0) is 47.4. The van der Waals surface area contributed by atoms with E-state index in [1.807, 2.05) is 0 Å². The normalized spacial score (nSPS) is 13.6. The van der Waals surface area contributed by atoms with E-state index in [4.69, 9.17) is 4.74 Å². The van der Waals surface area contributed by atoms with Crippen molar-refractivity contribution in [1.82, 2.24) is 5.32 Å². The minimum atomic E-state index is -0.793. The lowest BCUT2D eigenvalue weighted by atomic mass is 10.0. The van der Waals surface area contributed by atoms with Crippen LogP contribution in [0.2, 0.25) is 0 Å². The molecule has 0 saturated carbocycles. The Kier molecular flexibility index (Phi) is 50.6. The molecule has 3 N–H and O–H groups in total.